The van der Waals surface area contributed by atoms with Crippen molar-refractivity contribution >= 4 is 24.1 Å². The van der Waals surface area contributed by atoms with Crippen LogP contribution >= 0.6 is 11.9 Å². The van der Waals surface area contributed by atoms with Crippen LogP contribution in [0.5, 0.6) is 0 Å². The van der Waals surface area contributed by atoms with Crippen molar-refractivity contribution in [3.05, 3.63) is 23.8 Å². The average molecular weight is 195 g/mol. The van der Waals surface area contributed by atoms with E-state index in [0.29, 0.717) is 11.2 Å². The molecule has 4 heteroatoms. The summed E-state index contributed by atoms with van der Waals surface area (Å²) >= 11 is 1.54. The van der Waals surface area contributed by atoms with E-state index in [0.717, 1.165) is 5.57 Å². The molecule has 3 nitrogen and oxygen atoms in total. The second-order valence-electron chi connectivity index (χ2n) is 3.07. The maximum Gasteiger partial charge on any atom is 0.307 e. The molecule has 0 bridgehead atoms. The predicted molar refractivity (Wildman–Crippen MR) is 52.8 cm³/mol. The van der Waals surface area contributed by atoms with E-state index in [1.54, 1.807) is 0 Å². The molecule has 2 unspecified atom stereocenters. The number of carboxylic acids is 1. The lowest BCUT2D eigenvalue weighted by Crippen LogP contribution is -2.13. The van der Waals surface area contributed by atoms with Gasteiger partial charge in [-0.2, -0.15) is 0 Å². The van der Waals surface area contributed by atoms with Crippen molar-refractivity contribution in [1.29, 1.82) is 0 Å². The summed E-state index contributed by atoms with van der Waals surface area (Å²) in [6, 6.07) is 0. The molecule has 2 rings (SSSR count). The van der Waals surface area contributed by atoms with Crippen LogP contribution in [0.2, 0.25) is 0 Å². The topological polar surface area (TPSA) is 49.7 Å². The lowest BCUT2D eigenvalue weighted by Gasteiger charge is -2.14. The number of hydrogen-bond acceptors (Lipinski definition) is 3. The van der Waals surface area contributed by atoms with Gasteiger partial charge in [-0.15, -0.1) is 0 Å². The number of carboxylic acid groups (broad SMARTS) is 1. The molecule has 0 saturated carbocycles. The van der Waals surface area contributed by atoms with Gasteiger partial charge in [0, 0.05) is 12.1 Å². The number of nitrogens with zero attached hydrogens (tertiary/aromatic N) is 1. The van der Waals surface area contributed by atoms with Crippen LogP contribution in [-0.4, -0.2) is 22.5 Å². The fourth-order valence-corrected chi connectivity index (χ4v) is 2.24. The SMILES string of the molecule is O=C(O)CC1=CC2C=NSC2C=C1. The van der Waals surface area contributed by atoms with Crippen molar-refractivity contribution in [3.63, 3.8) is 0 Å². The maximum absolute atomic E-state index is 10.4. The van der Waals surface area contributed by atoms with E-state index in [4.69, 9.17) is 5.11 Å². The Morgan fingerprint density at radius 3 is 3.31 bits per heavy atom. The number of carbonyl (C=O) groups is 1. The highest BCUT2D eigenvalue weighted by atomic mass is 32.2. The van der Waals surface area contributed by atoms with Crippen molar-refractivity contribution in [2.75, 3.05) is 0 Å². The third-order valence-electron chi connectivity index (χ3n) is 2.06. The molecule has 0 spiro atoms. The van der Waals surface area contributed by atoms with Gasteiger partial charge in [0.2, 0.25) is 0 Å². The monoisotopic (exact) mass is 195 g/mol. The molecule has 2 atom stereocenters. The second kappa shape index (κ2) is 3.38. The van der Waals surface area contributed by atoms with Crippen molar-refractivity contribution in [2.45, 2.75) is 11.7 Å². The minimum absolute atomic E-state index is 0.109. The van der Waals surface area contributed by atoms with E-state index < -0.39 is 5.97 Å². The largest absolute Gasteiger partial charge is 0.481 e. The van der Waals surface area contributed by atoms with Crippen molar-refractivity contribution in [3.8, 4) is 0 Å². The number of allylic oxidation sites excluding steroid dienone is 2. The quantitative estimate of drug-likeness (QED) is 0.682. The molecule has 1 N–H and O–H groups in total. The minimum atomic E-state index is -0.781. The zero-order valence-corrected chi connectivity index (χ0v) is 7.70. The van der Waals surface area contributed by atoms with E-state index in [1.807, 2.05) is 24.4 Å². The molecule has 1 aliphatic carbocycles. The summed E-state index contributed by atoms with van der Waals surface area (Å²) in [5.74, 6) is -0.485. The van der Waals surface area contributed by atoms with Gasteiger partial charge in [0.1, 0.15) is 0 Å². The smallest absolute Gasteiger partial charge is 0.307 e. The van der Waals surface area contributed by atoms with Crippen LogP contribution in [-0.2, 0) is 4.79 Å². The van der Waals surface area contributed by atoms with Crippen LogP contribution in [0.15, 0.2) is 28.2 Å². The summed E-state index contributed by atoms with van der Waals surface area (Å²) in [4.78, 5) is 10.4. The van der Waals surface area contributed by atoms with Gasteiger partial charge in [-0.1, -0.05) is 18.2 Å². The normalized spacial score (nSPS) is 30.0. The van der Waals surface area contributed by atoms with E-state index >= 15 is 0 Å². The molecule has 0 aromatic rings. The highest BCUT2D eigenvalue weighted by molar-refractivity contribution is 7.99. The molecule has 0 aromatic heterocycles. The van der Waals surface area contributed by atoms with Gasteiger partial charge in [0.05, 0.1) is 11.7 Å². The molecule has 1 heterocycles. The summed E-state index contributed by atoms with van der Waals surface area (Å²) in [6.45, 7) is 0. The number of rotatable bonds is 2. The van der Waals surface area contributed by atoms with E-state index in [2.05, 4.69) is 4.40 Å². The van der Waals surface area contributed by atoms with Crippen LogP contribution in [0.4, 0.5) is 0 Å². The van der Waals surface area contributed by atoms with Gasteiger partial charge in [0.25, 0.3) is 0 Å². The molecule has 2 aliphatic rings. The number of fused-ring (bicyclic) bond motifs is 1. The Kier molecular flexibility index (Phi) is 2.22. The Labute approximate surface area is 80.4 Å². The molecular formula is C9H9NO2S. The Balaban J connectivity index is 2.10. The molecule has 0 fully saturated rings. The highest BCUT2D eigenvalue weighted by Gasteiger charge is 2.24. The Hall–Kier alpha value is -1.03. The van der Waals surface area contributed by atoms with Gasteiger partial charge in [0.15, 0.2) is 0 Å². The van der Waals surface area contributed by atoms with Crippen molar-refractivity contribution in [2.24, 2.45) is 10.3 Å². The van der Waals surface area contributed by atoms with Crippen LogP contribution < -0.4 is 0 Å². The Bertz CT molecular complexity index is 320. The Morgan fingerprint density at radius 2 is 2.54 bits per heavy atom. The third-order valence-corrected chi connectivity index (χ3v) is 3.02. The average Bonchev–Trinajstić information content (AvgIpc) is 2.49. The molecule has 0 saturated heterocycles. The van der Waals surface area contributed by atoms with Crippen LogP contribution in [0.1, 0.15) is 6.42 Å². The first-order valence-electron chi connectivity index (χ1n) is 4.06. The van der Waals surface area contributed by atoms with Gasteiger partial charge in [-0.25, -0.2) is 4.40 Å². The zero-order valence-electron chi connectivity index (χ0n) is 6.88. The maximum atomic E-state index is 10.4. The van der Waals surface area contributed by atoms with Crippen molar-refractivity contribution in [1.82, 2.24) is 0 Å². The van der Waals surface area contributed by atoms with Gasteiger partial charge < -0.3 is 5.11 Å². The molecular weight excluding hydrogens is 186 g/mol. The molecule has 0 aromatic carbocycles. The first-order valence-corrected chi connectivity index (χ1v) is 4.89. The molecule has 1 aliphatic heterocycles. The molecule has 0 radical (unpaired) electrons. The van der Waals surface area contributed by atoms with Gasteiger partial charge in [-0.3, -0.25) is 4.79 Å². The summed E-state index contributed by atoms with van der Waals surface area (Å²) < 4.78 is 4.09. The number of aliphatic carboxylic acids is 1. The zero-order chi connectivity index (χ0) is 9.26. The number of hydrogen-bond donors (Lipinski definition) is 1. The van der Waals surface area contributed by atoms with Gasteiger partial charge >= 0.3 is 5.97 Å². The van der Waals surface area contributed by atoms with E-state index in [1.165, 1.54) is 11.9 Å². The van der Waals surface area contributed by atoms with E-state index in [9.17, 15) is 4.79 Å². The third kappa shape index (κ3) is 1.83. The first kappa shape index (κ1) is 8.56. The fourth-order valence-electron chi connectivity index (χ4n) is 1.45. The summed E-state index contributed by atoms with van der Waals surface area (Å²) in [5.41, 5.74) is 0.878. The standard InChI is InChI=1S/C9H9NO2S/c11-9(12)4-6-1-2-8-7(3-6)5-10-13-8/h1-3,5,7-8H,4H2,(H,11,12). The lowest BCUT2D eigenvalue weighted by atomic mass is 9.95. The Morgan fingerprint density at radius 1 is 1.69 bits per heavy atom. The molecule has 68 valence electrons. The van der Waals surface area contributed by atoms with Crippen LogP contribution in [0.25, 0.3) is 0 Å². The highest BCUT2D eigenvalue weighted by Crippen LogP contribution is 2.32. The summed E-state index contributed by atoms with van der Waals surface area (Å²) in [7, 11) is 0. The van der Waals surface area contributed by atoms with Crippen LogP contribution in [0, 0.1) is 5.92 Å². The minimum Gasteiger partial charge on any atom is -0.481 e. The molecule has 13 heavy (non-hydrogen) atoms. The summed E-state index contributed by atoms with van der Waals surface area (Å²) in [6.07, 6.45) is 7.89. The summed E-state index contributed by atoms with van der Waals surface area (Å²) in [5, 5.41) is 8.98. The van der Waals surface area contributed by atoms with Crippen LogP contribution in [0.3, 0.4) is 0 Å². The molecule has 0 amide bonds. The predicted octanol–water partition coefficient (Wildman–Crippen LogP) is 1.67. The lowest BCUT2D eigenvalue weighted by molar-refractivity contribution is -0.136. The van der Waals surface area contributed by atoms with Crippen molar-refractivity contribution < 1.29 is 9.90 Å². The fraction of sp³-hybridized carbons (Fsp3) is 0.333. The second-order valence-corrected chi connectivity index (χ2v) is 4.04. The first-order chi connectivity index (χ1) is 6.25. The van der Waals surface area contributed by atoms with Gasteiger partial charge in [-0.05, 0) is 17.5 Å². The van der Waals surface area contributed by atoms with E-state index in [-0.39, 0.29) is 6.42 Å².